The Morgan fingerprint density at radius 3 is 2.65 bits per heavy atom. The van der Waals surface area contributed by atoms with Crippen LogP contribution >= 0.6 is 22.9 Å². The first-order valence-electron chi connectivity index (χ1n) is 6.28. The molecule has 3 nitrogen and oxygen atoms in total. The number of ether oxygens (including phenoxy) is 1. The molecule has 102 valence electrons. The predicted octanol–water partition coefficient (Wildman–Crippen LogP) is 4.24. The fourth-order valence-corrected chi connectivity index (χ4v) is 3.06. The van der Waals surface area contributed by atoms with E-state index < -0.39 is 0 Å². The molecule has 0 saturated heterocycles. The summed E-state index contributed by atoms with van der Waals surface area (Å²) < 4.78 is 6.79. The lowest BCUT2D eigenvalue weighted by molar-refractivity contribution is 0.480. The van der Waals surface area contributed by atoms with Crippen molar-refractivity contribution in [2.24, 2.45) is 5.73 Å². The Balaban J connectivity index is 1.83. The third kappa shape index (κ3) is 2.77. The molecule has 2 aromatic carbocycles. The molecular weight excluding hydrogens is 292 g/mol. The first kappa shape index (κ1) is 13.4. The van der Waals surface area contributed by atoms with E-state index in [1.54, 1.807) is 0 Å². The highest BCUT2D eigenvalue weighted by Gasteiger charge is 2.08. The Morgan fingerprint density at radius 1 is 1.15 bits per heavy atom. The number of hydrogen-bond donors (Lipinski definition) is 1. The second-order valence-corrected chi connectivity index (χ2v) is 5.75. The van der Waals surface area contributed by atoms with Gasteiger partial charge < -0.3 is 10.5 Å². The number of rotatable bonds is 4. The lowest BCUT2D eigenvalue weighted by Crippen LogP contribution is -2.02. The molecule has 0 bridgehead atoms. The van der Waals surface area contributed by atoms with Crippen LogP contribution in [0.3, 0.4) is 0 Å². The van der Waals surface area contributed by atoms with E-state index in [1.165, 1.54) is 16.9 Å². The van der Waals surface area contributed by atoms with Gasteiger partial charge >= 0.3 is 0 Å². The molecule has 0 amide bonds. The molecule has 2 N–H and O–H groups in total. The van der Waals surface area contributed by atoms with Crippen molar-refractivity contribution in [2.75, 3.05) is 6.54 Å². The topological polar surface area (TPSA) is 48.1 Å². The molecule has 20 heavy (non-hydrogen) atoms. The maximum atomic E-state index is 6.11. The minimum absolute atomic E-state index is 0.597. The van der Waals surface area contributed by atoms with Crippen molar-refractivity contribution in [2.45, 2.75) is 6.42 Å². The third-order valence-corrected chi connectivity index (χ3v) is 4.12. The van der Waals surface area contributed by atoms with Gasteiger partial charge in [-0.2, -0.15) is 0 Å². The Kier molecular flexibility index (Phi) is 3.87. The second kappa shape index (κ2) is 5.79. The summed E-state index contributed by atoms with van der Waals surface area (Å²) in [7, 11) is 0. The molecule has 1 aromatic heterocycles. The maximum absolute atomic E-state index is 6.11. The average Bonchev–Trinajstić information content (AvgIpc) is 2.85. The van der Waals surface area contributed by atoms with Crippen molar-refractivity contribution >= 4 is 33.2 Å². The molecule has 0 radical (unpaired) electrons. The summed E-state index contributed by atoms with van der Waals surface area (Å²) in [5.41, 5.74) is 7.51. The van der Waals surface area contributed by atoms with Gasteiger partial charge in [-0.25, -0.2) is 4.98 Å². The normalized spacial score (nSPS) is 10.9. The summed E-state index contributed by atoms with van der Waals surface area (Å²) in [6.07, 6.45) is 0.872. The fraction of sp³-hybridized carbons (Fsp3) is 0.133. The molecule has 0 fully saturated rings. The van der Waals surface area contributed by atoms with Gasteiger partial charge in [0.2, 0.25) is 0 Å². The second-order valence-electron chi connectivity index (χ2n) is 4.35. The number of para-hydroxylation sites is 1. The number of benzene rings is 2. The highest BCUT2D eigenvalue weighted by atomic mass is 35.5. The summed E-state index contributed by atoms with van der Waals surface area (Å²) in [5.74, 6) is 0.765. The van der Waals surface area contributed by atoms with Crippen LogP contribution in [0.4, 0.5) is 0 Å². The average molecular weight is 305 g/mol. The van der Waals surface area contributed by atoms with Gasteiger partial charge in [-0.3, -0.25) is 0 Å². The Bertz CT molecular complexity index is 724. The smallest absolute Gasteiger partial charge is 0.279 e. The molecule has 5 heteroatoms. The molecule has 0 unspecified atom stereocenters. The number of halogens is 1. The summed E-state index contributed by atoms with van der Waals surface area (Å²) >= 11 is 7.59. The Morgan fingerprint density at radius 2 is 1.95 bits per heavy atom. The maximum Gasteiger partial charge on any atom is 0.279 e. The summed E-state index contributed by atoms with van der Waals surface area (Å²) in [6, 6.07) is 13.6. The lowest BCUT2D eigenvalue weighted by atomic mass is 10.1. The highest BCUT2D eigenvalue weighted by molar-refractivity contribution is 7.20. The zero-order chi connectivity index (χ0) is 13.9. The number of hydrogen-bond acceptors (Lipinski definition) is 4. The van der Waals surface area contributed by atoms with Crippen molar-refractivity contribution in [1.29, 1.82) is 0 Å². The summed E-state index contributed by atoms with van der Waals surface area (Å²) in [4.78, 5) is 4.41. The van der Waals surface area contributed by atoms with Crippen molar-refractivity contribution in [3.8, 4) is 10.9 Å². The van der Waals surface area contributed by atoms with Gasteiger partial charge in [0.25, 0.3) is 5.19 Å². The van der Waals surface area contributed by atoms with Crippen molar-refractivity contribution in [3.63, 3.8) is 0 Å². The van der Waals surface area contributed by atoms with Gasteiger partial charge in [-0.15, -0.1) is 0 Å². The summed E-state index contributed by atoms with van der Waals surface area (Å²) in [5, 5.41) is 1.24. The number of thiazole rings is 1. The van der Waals surface area contributed by atoms with Gasteiger partial charge in [0.05, 0.1) is 9.72 Å². The summed E-state index contributed by atoms with van der Waals surface area (Å²) in [6.45, 7) is 0.649. The highest BCUT2D eigenvalue weighted by Crippen LogP contribution is 2.34. The van der Waals surface area contributed by atoms with E-state index in [0.29, 0.717) is 16.8 Å². The molecule has 1 heterocycles. The number of aromatic nitrogens is 1. The van der Waals surface area contributed by atoms with Crippen LogP contribution < -0.4 is 10.5 Å². The van der Waals surface area contributed by atoms with Crippen LogP contribution in [0.15, 0.2) is 42.5 Å². The number of fused-ring (bicyclic) bond motifs is 1. The number of nitrogens with zero attached hydrogens (tertiary/aromatic N) is 1. The zero-order valence-electron chi connectivity index (χ0n) is 10.7. The van der Waals surface area contributed by atoms with E-state index in [1.807, 2.05) is 42.5 Å². The van der Waals surface area contributed by atoms with E-state index in [2.05, 4.69) is 4.98 Å². The van der Waals surface area contributed by atoms with Crippen molar-refractivity contribution in [3.05, 3.63) is 53.1 Å². The largest absolute Gasteiger partial charge is 0.431 e. The third-order valence-electron chi connectivity index (χ3n) is 2.91. The van der Waals surface area contributed by atoms with Crippen molar-refractivity contribution in [1.82, 2.24) is 4.98 Å². The van der Waals surface area contributed by atoms with E-state index in [9.17, 15) is 0 Å². The molecule has 0 spiro atoms. The standard InChI is InChI=1S/C15H13ClN2OS/c16-12-2-1-3-13-14(12)18-15(20-13)19-11-6-4-10(5-7-11)8-9-17/h1-7H,8-9,17H2. The van der Waals surface area contributed by atoms with Gasteiger partial charge in [0, 0.05) is 0 Å². The van der Waals surface area contributed by atoms with Gasteiger partial charge in [0.1, 0.15) is 11.3 Å². The minimum atomic E-state index is 0.597. The molecule has 3 aromatic rings. The predicted molar refractivity (Wildman–Crippen MR) is 83.9 cm³/mol. The fourth-order valence-electron chi connectivity index (χ4n) is 1.93. The molecule has 3 rings (SSSR count). The molecular formula is C15H13ClN2OS. The zero-order valence-corrected chi connectivity index (χ0v) is 12.2. The number of nitrogens with two attached hydrogens (primary N) is 1. The molecule has 0 aliphatic heterocycles. The molecule has 0 aliphatic rings. The monoisotopic (exact) mass is 304 g/mol. The quantitative estimate of drug-likeness (QED) is 0.784. The van der Waals surface area contributed by atoms with E-state index >= 15 is 0 Å². The van der Waals surface area contributed by atoms with Gasteiger partial charge in [-0.1, -0.05) is 41.1 Å². The minimum Gasteiger partial charge on any atom is -0.431 e. The van der Waals surface area contributed by atoms with Crippen LogP contribution in [-0.4, -0.2) is 11.5 Å². The van der Waals surface area contributed by atoms with Crippen LogP contribution in [0.5, 0.6) is 10.9 Å². The molecule has 0 atom stereocenters. The van der Waals surface area contributed by atoms with E-state index in [-0.39, 0.29) is 0 Å². The first-order valence-corrected chi connectivity index (χ1v) is 7.47. The molecule has 0 aliphatic carbocycles. The van der Waals surface area contributed by atoms with Crippen LogP contribution in [-0.2, 0) is 6.42 Å². The Hall–Kier alpha value is -1.62. The van der Waals surface area contributed by atoms with E-state index in [4.69, 9.17) is 22.1 Å². The van der Waals surface area contributed by atoms with Crippen LogP contribution in [0.25, 0.3) is 10.2 Å². The Labute approximate surface area is 126 Å². The molecule has 0 saturated carbocycles. The van der Waals surface area contributed by atoms with Crippen LogP contribution in [0, 0.1) is 0 Å². The van der Waals surface area contributed by atoms with E-state index in [0.717, 1.165) is 22.4 Å². The van der Waals surface area contributed by atoms with Crippen LogP contribution in [0.1, 0.15) is 5.56 Å². The van der Waals surface area contributed by atoms with Crippen molar-refractivity contribution < 1.29 is 4.74 Å². The van der Waals surface area contributed by atoms with Gasteiger partial charge in [-0.05, 0) is 42.8 Å². The first-order chi connectivity index (χ1) is 9.76. The SMILES string of the molecule is NCCc1ccc(Oc2nc3c(Cl)cccc3s2)cc1. The van der Waals surface area contributed by atoms with Gasteiger partial charge in [0.15, 0.2) is 0 Å². The lowest BCUT2D eigenvalue weighted by Gasteiger charge is -2.03. The van der Waals surface area contributed by atoms with Crippen LogP contribution in [0.2, 0.25) is 5.02 Å².